The third-order valence-corrected chi connectivity index (χ3v) is 6.62. The van der Waals surface area contributed by atoms with Crippen LogP contribution < -0.4 is 15.5 Å². The van der Waals surface area contributed by atoms with Gasteiger partial charge in [0.1, 0.15) is 5.82 Å². The molecule has 4 heterocycles. The van der Waals surface area contributed by atoms with Crippen LogP contribution in [0.5, 0.6) is 0 Å². The van der Waals surface area contributed by atoms with Crippen molar-refractivity contribution in [3.63, 3.8) is 0 Å². The van der Waals surface area contributed by atoms with Crippen molar-refractivity contribution in [3.8, 4) is 0 Å². The number of nitrogens with zero attached hydrogens (tertiary/aromatic N) is 4. The molecule has 5 rings (SSSR count). The van der Waals surface area contributed by atoms with Crippen molar-refractivity contribution in [2.24, 2.45) is 11.8 Å². The molecule has 2 aromatic rings. The van der Waals surface area contributed by atoms with Crippen LogP contribution in [0.1, 0.15) is 43.9 Å². The van der Waals surface area contributed by atoms with E-state index in [-0.39, 0.29) is 11.8 Å². The molecule has 0 bridgehead atoms. The molecule has 2 aliphatic heterocycles. The molecule has 150 valence electrons. The molecule has 7 nitrogen and oxygen atoms in total. The van der Waals surface area contributed by atoms with Crippen molar-refractivity contribution in [1.29, 1.82) is 0 Å². The second-order valence-electron chi connectivity index (χ2n) is 8.79. The number of carbonyl (C=O) groups is 1. The third-order valence-electron chi connectivity index (χ3n) is 6.62. The van der Waals surface area contributed by atoms with Crippen LogP contribution >= 0.6 is 0 Å². The minimum absolute atomic E-state index is 0.0792. The van der Waals surface area contributed by atoms with Crippen LogP contribution in [0.3, 0.4) is 0 Å². The standard InChI is InChI=1S/C21H30N6O/c1-14-3-2-4-16(11-14)24-20(28)15-12-26(13-15)21-17-5-8-22-9-6-18(17)25-19-7-10-23-27(19)21/h7,10,14-16,22H,2-6,8-9,11-13H2,1H3,(H,24,28). The van der Waals surface area contributed by atoms with E-state index >= 15 is 0 Å². The van der Waals surface area contributed by atoms with E-state index in [9.17, 15) is 4.79 Å². The first kappa shape index (κ1) is 17.9. The normalized spacial score (nSPS) is 25.8. The second-order valence-corrected chi connectivity index (χ2v) is 8.79. The molecule has 1 amide bonds. The van der Waals surface area contributed by atoms with Gasteiger partial charge >= 0.3 is 0 Å². The summed E-state index contributed by atoms with van der Waals surface area (Å²) < 4.78 is 1.96. The number of nitrogens with one attached hydrogen (secondary N) is 2. The van der Waals surface area contributed by atoms with Gasteiger partial charge < -0.3 is 15.5 Å². The van der Waals surface area contributed by atoms with Gasteiger partial charge in [0.25, 0.3) is 0 Å². The number of carbonyl (C=O) groups excluding carboxylic acids is 1. The number of fused-ring (bicyclic) bond motifs is 2. The first-order valence-corrected chi connectivity index (χ1v) is 10.8. The van der Waals surface area contributed by atoms with Gasteiger partial charge in [-0.05, 0) is 31.7 Å². The summed E-state index contributed by atoms with van der Waals surface area (Å²) in [5, 5.41) is 11.3. The average molecular weight is 383 g/mol. The van der Waals surface area contributed by atoms with Gasteiger partial charge in [-0.25, -0.2) is 4.98 Å². The highest BCUT2D eigenvalue weighted by atomic mass is 16.2. The molecule has 2 unspecified atom stereocenters. The highest BCUT2D eigenvalue weighted by Gasteiger charge is 2.37. The Bertz CT molecular complexity index is 871. The Hall–Kier alpha value is -2.15. The Balaban J connectivity index is 1.32. The molecular weight excluding hydrogens is 352 g/mol. The number of amides is 1. The van der Waals surface area contributed by atoms with Gasteiger partial charge in [0.15, 0.2) is 5.65 Å². The minimum atomic E-state index is 0.0792. The highest BCUT2D eigenvalue weighted by Crippen LogP contribution is 2.32. The summed E-state index contributed by atoms with van der Waals surface area (Å²) in [5.41, 5.74) is 3.37. The second kappa shape index (κ2) is 7.35. The fraction of sp³-hybridized carbons (Fsp3) is 0.667. The summed E-state index contributed by atoms with van der Waals surface area (Å²) in [6.07, 6.45) is 8.51. The van der Waals surface area contributed by atoms with E-state index < -0.39 is 0 Å². The van der Waals surface area contributed by atoms with Crippen LogP contribution in [0, 0.1) is 11.8 Å². The van der Waals surface area contributed by atoms with Crippen molar-refractivity contribution in [1.82, 2.24) is 25.2 Å². The smallest absolute Gasteiger partial charge is 0.226 e. The molecular formula is C21H30N6O. The van der Waals surface area contributed by atoms with Gasteiger partial charge in [-0.15, -0.1) is 0 Å². The van der Waals surface area contributed by atoms with Crippen molar-refractivity contribution >= 4 is 17.4 Å². The lowest BCUT2D eigenvalue weighted by Crippen LogP contribution is -2.56. The van der Waals surface area contributed by atoms with Crippen LogP contribution in [-0.2, 0) is 17.6 Å². The molecule has 3 aliphatic rings. The number of hydrogen-bond acceptors (Lipinski definition) is 5. The first-order valence-electron chi connectivity index (χ1n) is 10.8. The molecule has 7 heteroatoms. The van der Waals surface area contributed by atoms with Gasteiger partial charge in [-0.1, -0.05) is 19.8 Å². The summed E-state index contributed by atoms with van der Waals surface area (Å²) in [5.74, 6) is 2.18. The van der Waals surface area contributed by atoms with E-state index in [1.807, 2.05) is 16.8 Å². The van der Waals surface area contributed by atoms with Crippen molar-refractivity contribution in [2.45, 2.75) is 51.5 Å². The average Bonchev–Trinajstić information content (AvgIpc) is 2.97. The molecule has 1 saturated heterocycles. The molecule has 2 N–H and O–H groups in total. The van der Waals surface area contributed by atoms with Gasteiger partial charge in [-0.2, -0.15) is 9.61 Å². The number of hydrogen-bond donors (Lipinski definition) is 2. The molecule has 0 radical (unpaired) electrons. The quantitative estimate of drug-likeness (QED) is 0.843. The zero-order valence-corrected chi connectivity index (χ0v) is 16.7. The summed E-state index contributed by atoms with van der Waals surface area (Å²) in [7, 11) is 0. The minimum Gasteiger partial charge on any atom is -0.354 e. The number of anilines is 1. The Labute approximate surface area is 165 Å². The SMILES string of the molecule is CC1CCCC(NC(=O)C2CN(c3c4c(nc5ccnn35)CCNCC4)C2)C1. The lowest BCUT2D eigenvalue weighted by Gasteiger charge is -2.41. The van der Waals surface area contributed by atoms with Crippen LogP contribution in [-0.4, -0.2) is 52.7 Å². The Kier molecular flexibility index (Phi) is 4.70. The summed E-state index contributed by atoms with van der Waals surface area (Å²) in [6, 6.07) is 2.34. The molecule has 1 saturated carbocycles. The van der Waals surface area contributed by atoms with E-state index in [2.05, 4.69) is 27.6 Å². The molecule has 1 aliphatic carbocycles. The maximum atomic E-state index is 12.8. The van der Waals surface area contributed by atoms with E-state index in [0.29, 0.717) is 6.04 Å². The Morgan fingerprint density at radius 3 is 2.96 bits per heavy atom. The van der Waals surface area contributed by atoms with Gasteiger partial charge in [0.05, 0.1) is 17.8 Å². The molecule has 0 spiro atoms. The van der Waals surface area contributed by atoms with Crippen molar-refractivity contribution < 1.29 is 4.79 Å². The summed E-state index contributed by atoms with van der Waals surface area (Å²) in [6.45, 7) is 5.77. The predicted octanol–water partition coefficient (Wildman–Crippen LogP) is 1.55. The first-order chi connectivity index (χ1) is 13.7. The fourth-order valence-electron chi connectivity index (χ4n) is 5.04. The lowest BCUT2D eigenvalue weighted by atomic mass is 9.86. The molecule has 2 fully saturated rings. The fourth-order valence-corrected chi connectivity index (χ4v) is 5.04. The van der Waals surface area contributed by atoms with Crippen LogP contribution in [0.4, 0.5) is 5.82 Å². The molecule has 28 heavy (non-hydrogen) atoms. The topological polar surface area (TPSA) is 74.6 Å². The van der Waals surface area contributed by atoms with E-state index in [1.54, 1.807) is 0 Å². The van der Waals surface area contributed by atoms with E-state index in [0.717, 1.165) is 69.2 Å². The van der Waals surface area contributed by atoms with Gasteiger partial charge in [0, 0.05) is 43.7 Å². The molecule has 2 atom stereocenters. The Morgan fingerprint density at radius 1 is 1.25 bits per heavy atom. The third kappa shape index (κ3) is 3.26. The maximum absolute atomic E-state index is 12.8. The van der Waals surface area contributed by atoms with E-state index in [4.69, 9.17) is 4.98 Å². The zero-order valence-electron chi connectivity index (χ0n) is 16.7. The highest BCUT2D eigenvalue weighted by molar-refractivity contribution is 5.82. The monoisotopic (exact) mass is 382 g/mol. The van der Waals surface area contributed by atoms with Gasteiger partial charge in [0.2, 0.25) is 5.91 Å². The lowest BCUT2D eigenvalue weighted by molar-refractivity contribution is -0.126. The summed E-state index contributed by atoms with van der Waals surface area (Å²) >= 11 is 0. The Morgan fingerprint density at radius 2 is 2.11 bits per heavy atom. The maximum Gasteiger partial charge on any atom is 0.226 e. The van der Waals surface area contributed by atoms with Crippen LogP contribution in [0.15, 0.2) is 12.3 Å². The van der Waals surface area contributed by atoms with Crippen LogP contribution in [0.2, 0.25) is 0 Å². The van der Waals surface area contributed by atoms with Gasteiger partial charge in [-0.3, -0.25) is 4.79 Å². The van der Waals surface area contributed by atoms with Crippen molar-refractivity contribution in [2.75, 3.05) is 31.1 Å². The summed E-state index contributed by atoms with van der Waals surface area (Å²) in [4.78, 5) is 19.9. The molecule has 0 aromatic carbocycles. The number of aromatic nitrogens is 3. The van der Waals surface area contributed by atoms with Crippen LogP contribution in [0.25, 0.3) is 5.65 Å². The van der Waals surface area contributed by atoms with E-state index in [1.165, 1.54) is 24.1 Å². The number of rotatable bonds is 3. The molecule has 2 aromatic heterocycles. The zero-order chi connectivity index (χ0) is 19.1. The van der Waals surface area contributed by atoms with Crippen molar-refractivity contribution in [3.05, 3.63) is 23.5 Å². The largest absolute Gasteiger partial charge is 0.354 e. The predicted molar refractivity (Wildman–Crippen MR) is 109 cm³/mol.